The Labute approximate surface area is 241 Å². The highest BCUT2D eigenvalue weighted by Crippen LogP contribution is 2.30. The van der Waals surface area contributed by atoms with Crippen LogP contribution in [0.3, 0.4) is 0 Å². The molecule has 41 heavy (non-hydrogen) atoms. The average molecular weight is 593 g/mol. The summed E-state index contributed by atoms with van der Waals surface area (Å²) in [5, 5.41) is 14.3. The Kier molecular flexibility index (Phi) is 15.0. The maximum atomic E-state index is 12.9. The van der Waals surface area contributed by atoms with E-state index >= 15 is 0 Å². The van der Waals surface area contributed by atoms with E-state index in [4.69, 9.17) is 0 Å². The molecule has 222 valence electrons. The molecule has 0 saturated heterocycles. The van der Waals surface area contributed by atoms with Crippen LogP contribution in [0.4, 0.5) is 23.7 Å². The van der Waals surface area contributed by atoms with Crippen LogP contribution < -0.4 is 26.6 Å². The van der Waals surface area contributed by atoms with Gasteiger partial charge in [-0.1, -0.05) is 31.3 Å². The number of nitrogens with one attached hydrogen (secondary N) is 5. The third-order valence-corrected chi connectivity index (χ3v) is 6.04. The number of alkyl halides is 3. The van der Waals surface area contributed by atoms with E-state index in [2.05, 4.69) is 55.1 Å². The molecule has 1 aliphatic heterocycles. The molecule has 0 radical (unpaired) electrons. The first-order valence-electron chi connectivity index (χ1n) is 12.9. The number of hydrogen-bond donors (Lipinski definition) is 5. The topological polar surface area (TPSA) is 131 Å². The zero-order chi connectivity index (χ0) is 29.9. The third-order valence-electron chi connectivity index (χ3n) is 5.18. The van der Waals surface area contributed by atoms with Crippen molar-refractivity contribution in [1.29, 1.82) is 0 Å². The van der Waals surface area contributed by atoms with E-state index in [0.717, 1.165) is 44.5 Å². The summed E-state index contributed by atoms with van der Waals surface area (Å²) in [6.07, 6.45) is 5.77. The van der Waals surface area contributed by atoms with Crippen molar-refractivity contribution >= 4 is 46.6 Å². The van der Waals surface area contributed by atoms with Gasteiger partial charge in [-0.25, -0.2) is 9.79 Å². The highest BCUT2D eigenvalue weighted by Gasteiger charge is 2.30. The van der Waals surface area contributed by atoms with E-state index in [1.165, 1.54) is 48.6 Å². The van der Waals surface area contributed by atoms with E-state index in [0.29, 0.717) is 29.0 Å². The van der Waals surface area contributed by atoms with Gasteiger partial charge in [0.15, 0.2) is 5.04 Å². The van der Waals surface area contributed by atoms with Crippen molar-refractivity contribution in [3.8, 4) is 0 Å². The number of amides is 3. The summed E-state index contributed by atoms with van der Waals surface area (Å²) in [5.41, 5.74) is -0.590. The standard InChI is InChI=1S/C27H35F3N8O2S/c1-3-12-31-13-5-6-14-34-24(39)25-35-17-23(36-18-32-19-41-25)33-15-8-11-21(4-2)37-26(40)38-22-10-7-9-20(16-22)27(28,29)30/h4,7-11,15-16,18,31H,2-3,5-6,12-14,17,19H2,1H3,(H,34,39)(H,32,33,36)(H2,37,38,40)/b15-8+,21-11+,35-25-. The minimum Gasteiger partial charge on any atom is -0.350 e. The third kappa shape index (κ3) is 13.8. The van der Waals surface area contributed by atoms with Gasteiger partial charge in [-0.05, 0) is 68.8 Å². The number of rotatable bonds is 13. The van der Waals surface area contributed by atoms with E-state index in [9.17, 15) is 22.8 Å². The van der Waals surface area contributed by atoms with Crippen LogP contribution in [0.25, 0.3) is 0 Å². The van der Waals surface area contributed by atoms with Crippen molar-refractivity contribution in [2.45, 2.75) is 32.4 Å². The van der Waals surface area contributed by atoms with Gasteiger partial charge in [-0.2, -0.15) is 13.2 Å². The van der Waals surface area contributed by atoms with Crippen LogP contribution >= 0.6 is 11.8 Å². The van der Waals surface area contributed by atoms with Gasteiger partial charge < -0.3 is 26.6 Å². The van der Waals surface area contributed by atoms with Crippen molar-refractivity contribution in [1.82, 2.24) is 21.3 Å². The van der Waals surface area contributed by atoms with Crippen molar-refractivity contribution in [3.63, 3.8) is 0 Å². The molecule has 0 fully saturated rings. The lowest BCUT2D eigenvalue weighted by molar-refractivity contribution is -0.137. The summed E-state index contributed by atoms with van der Waals surface area (Å²) >= 11 is 1.23. The number of amidine groups is 1. The first kappa shape index (κ1) is 33.3. The van der Waals surface area contributed by atoms with Crippen LogP contribution in [0, 0.1) is 0 Å². The fourth-order valence-electron chi connectivity index (χ4n) is 3.17. The molecule has 0 spiro atoms. The maximum Gasteiger partial charge on any atom is 0.416 e. The quantitative estimate of drug-likeness (QED) is 0.171. The summed E-state index contributed by atoms with van der Waals surface area (Å²) in [7, 11) is 0. The minimum atomic E-state index is -4.52. The number of halogens is 3. The number of thioether (sulfide) groups is 1. The number of hydrogen-bond acceptors (Lipinski definition) is 8. The lowest BCUT2D eigenvalue weighted by Crippen LogP contribution is -2.31. The summed E-state index contributed by atoms with van der Waals surface area (Å²) in [6, 6.07) is 3.57. The number of carbonyl (C=O) groups is 2. The Morgan fingerprint density at radius 3 is 2.73 bits per heavy atom. The second kappa shape index (κ2) is 18.4. The van der Waals surface area contributed by atoms with E-state index in [1.807, 2.05) is 0 Å². The molecule has 1 aliphatic rings. The SMILES string of the molecule is C=C/C(=C\C=C\N/C1=N/C=N\CS/C(C(=O)NCCCCNCCC)=N\C1)NC(=O)Nc1cccc(C(F)(F)F)c1. The van der Waals surface area contributed by atoms with Gasteiger partial charge in [-0.3, -0.25) is 14.8 Å². The molecule has 1 heterocycles. The van der Waals surface area contributed by atoms with Crippen molar-refractivity contribution in [2.24, 2.45) is 15.0 Å². The minimum absolute atomic E-state index is 0.00991. The predicted octanol–water partition coefficient (Wildman–Crippen LogP) is 4.43. The molecule has 5 N–H and O–H groups in total. The Morgan fingerprint density at radius 1 is 1.17 bits per heavy atom. The van der Waals surface area contributed by atoms with Crippen LogP contribution in [-0.2, 0) is 11.0 Å². The number of anilines is 1. The van der Waals surface area contributed by atoms with E-state index in [-0.39, 0.29) is 18.1 Å². The number of aliphatic imine (C=N–C) groups is 3. The summed E-state index contributed by atoms with van der Waals surface area (Å²) in [4.78, 5) is 37.5. The monoisotopic (exact) mass is 592 g/mol. The van der Waals surface area contributed by atoms with Crippen LogP contribution in [0.5, 0.6) is 0 Å². The number of unbranched alkanes of at least 4 members (excludes halogenated alkanes) is 1. The van der Waals surface area contributed by atoms with Gasteiger partial charge in [0.2, 0.25) is 0 Å². The number of urea groups is 1. The van der Waals surface area contributed by atoms with Crippen molar-refractivity contribution in [3.05, 3.63) is 66.5 Å². The van der Waals surface area contributed by atoms with Gasteiger partial charge in [0, 0.05) is 24.1 Å². The molecule has 3 amide bonds. The molecule has 1 aromatic rings. The maximum absolute atomic E-state index is 12.9. The highest BCUT2D eigenvalue weighted by atomic mass is 32.2. The number of carbonyl (C=O) groups excluding carboxylic acids is 2. The molecule has 0 aromatic heterocycles. The smallest absolute Gasteiger partial charge is 0.350 e. The zero-order valence-electron chi connectivity index (χ0n) is 22.8. The van der Waals surface area contributed by atoms with Gasteiger partial charge in [-0.15, -0.1) is 0 Å². The summed E-state index contributed by atoms with van der Waals surface area (Å²) < 4.78 is 38.7. The molecular weight excluding hydrogens is 557 g/mol. The molecule has 14 heteroatoms. The van der Waals surface area contributed by atoms with Crippen molar-refractivity contribution < 1.29 is 22.8 Å². The van der Waals surface area contributed by atoms with Crippen LogP contribution in [0.15, 0.2) is 75.9 Å². The van der Waals surface area contributed by atoms with E-state index in [1.54, 1.807) is 6.08 Å². The Bertz CT molecular complexity index is 1180. The first-order valence-corrected chi connectivity index (χ1v) is 13.9. The van der Waals surface area contributed by atoms with Gasteiger partial charge >= 0.3 is 12.2 Å². The number of allylic oxidation sites excluding steroid dienone is 3. The molecular formula is C27H35F3N8O2S. The largest absolute Gasteiger partial charge is 0.416 e. The molecule has 10 nitrogen and oxygen atoms in total. The second-order valence-corrected chi connectivity index (χ2v) is 9.40. The molecule has 0 bridgehead atoms. The van der Waals surface area contributed by atoms with Crippen molar-refractivity contribution in [2.75, 3.05) is 37.4 Å². The van der Waals surface area contributed by atoms with Crippen LogP contribution in [0.1, 0.15) is 31.7 Å². The molecule has 1 aromatic carbocycles. The number of benzene rings is 1. The fraction of sp³-hybridized carbons (Fsp3) is 0.370. The lowest BCUT2D eigenvalue weighted by Gasteiger charge is -2.11. The van der Waals surface area contributed by atoms with Gasteiger partial charge in [0.1, 0.15) is 12.2 Å². The molecule has 0 unspecified atom stereocenters. The fourth-order valence-corrected chi connectivity index (χ4v) is 3.80. The molecule has 0 atom stereocenters. The van der Waals surface area contributed by atoms with Crippen LogP contribution in [-0.4, -0.2) is 61.2 Å². The predicted molar refractivity (Wildman–Crippen MR) is 160 cm³/mol. The zero-order valence-corrected chi connectivity index (χ0v) is 23.6. The summed E-state index contributed by atoms with van der Waals surface area (Å²) in [6.45, 7) is 8.31. The highest BCUT2D eigenvalue weighted by molar-refractivity contribution is 8.15. The Hall–Kier alpha value is -3.91. The Balaban J connectivity index is 1.87. The molecule has 0 saturated carbocycles. The van der Waals surface area contributed by atoms with Crippen LogP contribution in [0.2, 0.25) is 0 Å². The Morgan fingerprint density at radius 2 is 1.98 bits per heavy atom. The average Bonchev–Trinajstić information content (AvgIpc) is 3.06. The summed E-state index contributed by atoms with van der Waals surface area (Å²) in [5.74, 6) is 0.486. The van der Waals surface area contributed by atoms with Gasteiger partial charge in [0.25, 0.3) is 5.91 Å². The van der Waals surface area contributed by atoms with E-state index < -0.39 is 17.8 Å². The molecule has 2 rings (SSSR count). The second-order valence-electron chi connectivity index (χ2n) is 8.47. The number of nitrogens with zero attached hydrogens (tertiary/aromatic N) is 3. The van der Waals surface area contributed by atoms with Gasteiger partial charge in [0.05, 0.1) is 18.0 Å². The lowest BCUT2D eigenvalue weighted by atomic mass is 10.2. The molecule has 0 aliphatic carbocycles. The first-order chi connectivity index (χ1) is 19.7. The normalized spacial score (nSPS) is 17.6.